The largest absolute Gasteiger partial charge is 0.507 e. The summed E-state index contributed by atoms with van der Waals surface area (Å²) in [6.45, 7) is 6.82. The zero-order valence-corrected chi connectivity index (χ0v) is 17.8. The Morgan fingerprint density at radius 2 is 1.93 bits per heavy atom. The number of aliphatic hydroxyl groups excluding tert-OH is 1. The van der Waals surface area contributed by atoms with Gasteiger partial charge in [-0.3, -0.25) is 9.69 Å². The highest BCUT2D eigenvalue weighted by atomic mass is 32.1. The molecular weight excluding hydrogens is 406 g/mol. The Hall–Kier alpha value is -2.59. The number of benzene rings is 1. The number of rotatable bonds is 4. The highest BCUT2D eigenvalue weighted by molar-refractivity contribution is 7.15. The van der Waals surface area contributed by atoms with E-state index < -0.39 is 11.9 Å². The molecule has 1 aliphatic heterocycles. The Morgan fingerprint density at radius 1 is 1.23 bits per heavy atom. The van der Waals surface area contributed by atoms with E-state index in [0.717, 1.165) is 26.2 Å². The summed E-state index contributed by atoms with van der Waals surface area (Å²) in [7, 11) is 2.05. The number of hydrogen-bond donors (Lipinski definition) is 2. The first-order valence-corrected chi connectivity index (χ1v) is 10.5. The number of nitrogens with zero attached hydrogens (tertiary/aromatic N) is 3. The van der Waals surface area contributed by atoms with Crippen molar-refractivity contribution < 1.29 is 19.4 Å². The molecule has 1 fully saturated rings. The molecule has 1 aliphatic rings. The van der Waals surface area contributed by atoms with Crippen LogP contribution >= 0.6 is 11.3 Å². The Balaban J connectivity index is 1.78. The number of likely N-dealkylation sites (N-methyl/N-ethyl adjacent to an activating group) is 1. The fourth-order valence-electron chi connectivity index (χ4n) is 3.77. The van der Waals surface area contributed by atoms with Gasteiger partial charge in [-0.1, -0.05) is 0 Å². The maximum atomic E-state index is 12.8. The number of aromatic nitrogens is 1. The van der Waals surface area contributed by atoms with E-state index in [0.29, 0.717) is 38.4 Å². The quantitative estimate of drug-likeness (QED) is 0.481. The maximum absolute atomic E-state index is 12.8. The predicted molar refractivity (Wildman–Crippen MR) is 114 cm³/mol. The van der Waals surface area contributed by atoms with Crippen LogP contribution in [0, 0.1) is 13.8 Å². The highest BCUT2D eigenvalue weighted by Crippen LogP contribution is 2.36. The van der Waals surface area contributed by atoms with Crippen LogP contribution in [0.2, 0.25) is 0 Å². The predicted octanol–water partition coefficient (Wildman–Crippen LogP) is 2.29. The normalized spacial score (nSPS) is 16.8. The van der Waals surface area contributed by atoms with E-state index in [9.17, 15) is 19.8 Å². The van der Waals surface area contributed by atoms with Gasteiger partial charge in [-0.2, -0.15) is 0 Å². The molecule has 30 heavy (non-hydrogen) atoms. The van der Waals surface area contributed by atoms with Crippen molar-refractivity contribution in [3.05, 3.63) is 44.3 Å². The minimum atomic E-state index is -0.781. The lowest BCUT2D eigenvalue weighted by Gasteiger charge is -2.35. The fourth-order valence-corrected chi connectivity index (χ4v) is 4.95. The lowest BCUT2D eigenvalue weighted by molar-refractivity contribution is -0.0213. The van der Waals surface area contributed by atoms with Crippen molar-refractivity contribution in [3.63, 3.8) is 0 Å². The molecule has 2 N–H and O–H groups in total. The number of aromatic hydroxyl groups is 1. The minimum Gasteiger partial charge on any atom is -0.507 e. The van der Waals surface area contributed by atoms with Gasteiger partial charge in [-0.25, -0.2) is 9.78 Å². The first kappa shape index (κ1) is 20.7. The van der Waals surface area contributed by atoms with Gasteiger partial charge in [0.1, 0.15) is 17.0 Å². The summed E-state index contributed by atoms with van der Waals surface area (Å²) in [4.78, 5) is 33.6. The summed E-state index contributed by atoms with van der Waals surface area (Å²) < 4.78 is 5.41. The molecule has 0 saturated carbocycles. The van der Waals surface area contributed by atoms with E-state index >= 15 is 0 Å². The summed E-state index contributed by atoms with van der Waals surface area (Å²) in [5, 5.41) is 21.8. The molecule has 1 atom stereocenters. The maximum Gasteiger partial charge on any atom is 0.346 e. The Morgan fingerprint density at radius 3 is 2.60 bits per heavy atom. The molecule has 9 heteroatoms. The SMILES string of the molecule is Cc1nc(-c2c(C)c3ccc(O)c(C=O)c3oc2=O)sc1C(O)N1CCN(C)CC1. The summed E-state index contributed by atoms with van der Waals surface area (Å²) in [5.41, 5.74) is 0.944. The average Bonchev–Trinajstić information content (AvgIpc) is 3.09. The molecule has 158 valence electrons. The first-order valence-electron chi connectivity index (χ1n) is 9.64. The Bertz CT molecular complexity index is 1180. The molecule has 1 saturated heterocycles. The lowest BCUT2D eigenvalue weighted by atomic mass is 10.0. The van der Waals surface area contributed by atoms with Crippen molar-refractivity contribution in [2.24, 2.45) is 0 Å². The smallest absolute Gasteiger partial charge is 0.346 e. The molecular formula is C21H23N3O5S. The van der Waals surface area contributed by atoms with Crippen molar-refractivity contribution in [1.29, 1.82) is 0 Å². The topological polar surface area (TPSA) is 107 Å². The number of carbonyl (C=O) groups excluding carboxylic acids is 1. The molecule has 1 unspecified atom stereocenters. The number of aldehydes is 1. The third kappa shape index (κ3) is 3.43. The van der Waals surface area contributed by atoms with Crippen LogP contribution in [0.4, 0.5) is 0 Å². The first-order chi connectivity index (χ1) is 14.3. The zero-order valence-electron chi connectivity index (χ0n) is 17.0. The molecule has 0 spiro atoms. The monoisotopic (exact) mass is 429 g/mol. The number of phenolic OH excluding ortho intramolecular Hbond substituents is 1. The molecule has 0 amide bonds. The molecule has 8 nitrogen and oxygen atoms in total. The van der Waals surface area contributed by atoms with Crippen LogP contribution in [-0.4, -0.2) is 64.5 Å². The number of phenols is 1. The molecule has 0 bridgehead atoms. The molecule has 3 heterocycles. The molecule has 2 aromatic heterocycles. The van der Waals surface area contributed by atoms with Crippen LogP contribution in [0.15, 0.2) is 21.3 Å². The molecule has 3 aromatic rings. The van der Waals surface area contributed by atoms with E-state index in [2.05, 4.69) is 16.9 Å². The third-order valence-corrected chi connectivity index (χ3v) is 6.85. The van der Waals surface area contributed by atoms with E-state index in [4.69, 9.17) is 4.42 Å². The van der Waals surface area contributed by atoms with Gasteiger partial charge in [0, 0.05) is 31.6 Å². The summed E-state index contributed by atoms with van der Waals surface area (Å²) in [6, 6.07) is 3.01. The van der Waals surface area contributed by atoms with Gasteiger partial charge < -0.3 is 19.5 Å². The van der Waals surface area contributed by atoms with Crippen LogP contribution in [0.3, 0.4) is 0 Å². The third-order valence-electron chi connectivity index (χ3n) is 5.63. The Labute approximate surface area is 177 Å². The number of fused-ring (bicyclic) bond motifs is 1. The molecule has 4 rings (SSSR count). The lowest BCUT2D eigenvalue weighted by Crippen LogP contribution is -2.45. The highest BCUT2D eigenvalue weighted by Gasteiger charge is 2.27. The fraction of sp³-hybridized carbons (Fsp3) is 0.381. The van der Waals surface area contributed by atoms with Crippen molar-refractivity contribution >= 4 is 28.6 Å². The zero-order chi connectivity index (χ0) is 21.6. The van der Waals surface area contributed by atoms with Gasteiger partial charge in [0.15, 0.2) is 11.9 Å². The molecule has 1 aromatic carbocycles. The number of thiazole rings is 1. The van der Waals surface area contributed by atoms with Crippen molar-refractivity contribution in [1.82, 2.24) is 14.8 Å². The van der Waals surface area contributed by atoms with E-state index in [1.54, 1.807) is 13.0 Å². The van der Waals surface area contributed by atoms with Gasteiger partial charge in [-0.15, -0.1) is 11.3 Å². The van der Waals surface area contributed by atoms with Gasteiger partial charge in [-0.05, 0) is 38.6 Å². The second-order valence-corrected chi connectivity index (χ2v) is 8.59. The van der Waals surface area contributed by atoms with Crippen LogP contribution in [0.5, 0.6) is 5.75 Å². The van der Waals surface area contributed by atoms with E-state index in [-0.39, 0.29) is 16.9 Å². The van der Waals surface area contributed by atoms with E-state index in [1.807, 2.05) is 11.8 Å². The van der Waals surface area contributed by atoms with Gasteiger partial charge in [0.2, 0.25) is 0 Å². The number of aryl methyl sites for hydroxylation is 2. The van der Waals surface area contributed by atoms with Crippen LogP contribution in [0.25, 0.3) is 21.5 Å². The van der Waals surface area contributed by atoms with Crippen LogP contribution in [-0.2, 0) is 0 Å². The van der Waals surface area contributed by atoms with Crippen LogP contribution < -0.4 is 5.63 Å². The van der Waals surface area contributed by atoms with Gasteiger partial charge >= 0.3 is 5.63 Å². The number of piperazine rings is 1. The van der Waals surface area contributed by atoms with Crippen molar-refractivity contribution in [2.45, 2.75) is 20.1 Å². The molecule has 0 aliphatic carbocycles. The second kappa shape index (κ2) is 7.92. The number of hydrogen-bond acceptors (Lipinski definition) is 9. The second-order valence-electron chi connectivity index (χ2n) is 7.56. The minimum absolute atomic E-state index is 0.0549. The summed E-state index contributed by atoms with van der Waals surface area (Å²) in [5.74, 6) is -0.240. The van der Waals surface area contributed by atoms with Crippen molar-refractivity contribution in [3.8, 4) is 16.3 Å². The van der Waals surface area contributed by atoms with Crippen molar-refractivity contribution in [2.75, 3.05) is 33.2 Å². The van der Waals surface area contributed by atoms with Gasteiger partial charge in [0.25, 0.3) is 0 Å². The van der Waals surface area contributed by atoms with E-state index in [1.165, 1.54) is 17.4 Å². The van der Waals surface area contributed by atoms with Crippen LogP contribution in [0.1, 0.15) is 32.7 Å². The average molecular weight is 429 g/mol. The standard InChI is InChI=1S/C21H23N3O5S/c1-11-13-4-5-15(26)14(10-25)17(13)29-21(28)16(11)19-22-12(2)18(30-19)20(27)24-8-6-23(3)7-9-24/h4-5,10,20,26-27H,6-9H2,1-3H3. The molecule has 0 radical (unpaired) electrons. The summed E-state index contributed by atoms with van der Waals surface area (Å²) in [6.07, 6.45) is -0.311. The van der Waals surface area contributed by atoms with Gasteiger partial charge in [0.05, 0.1) is 21.7 Å². The Kier molecular flexibility index (Phi) is 5.46. The number of aliphatic hydroxyl groups is 1. The number of carbonyl (C=O) groups is 1. The summed E-state index contributed by atoms with van der Waals surface area (Å²) >= 11 is 1.27.